The van der Waals surface area contributed by atoms with Gasteiger partial charge in [-0.2, -0.15) is 0 Å². The van der Waals surface area contributed by atoms with E-state index in [4.69, 9.17) is 0 Å². The number of fused-ring (bicyclic) bond motifs is 1. The summed E-state index contributed by atoms with van der Waals surface area (Å²) in [7, 11) is 0. The number of amides is 1. The van der Waals surface area contributed by atoms with Crippen LogP contribution in [0.4, 0.5) is 0 Å². The maximum atomic E-state index is 12.4. The third-order valence-corrected chi connectivity index (χ3v) is 5.58. The average molecular weight is 389 g/mol. The summed E-state index contributed by atoms with van der Waals surface area (Å²) in [4.78, 5) is 21.0. The highest BCUT2D eigenvalue weighted by atomic mass is 35.5. The molecule has 1 aromatic carbocycles. The number of hydrogen-bond donors (Lipinski definition) is 2. The third-order valence-electron chi connectivity index (χ3n) is 4.67. The van der Waals surface area contributed by atoms with Gasteiger partial charge in [0.2, 0.25) is 0 Å². The van der Waals surface area contributed by atoms with Gasteiger partial charge < -0.3 is 10.6 Å². The number of nitrogens with one attached hydrogen (secondary N) is 2. The Labute approximate surface area is 162 Å². The number of aromatic nitrogens is 2. The number of carbonyl (C=O) groups is 1. The maximum absolute atomic E-state index is 12.4. The number of halogens is 1. The molecular weight excluding hydrogens is 368 g/mol. The first-order chi connectivity index (χ1) is 12.3. The summed E-state index contributed by atoms with van der Waals surface area (Å²) < 4.78 is 1.07. The van der Waals surface area contributed by atoms with E-state index in [1.165, 1.54) is 0 Å². The summed E-state index contributed by atoms with van der Waals surface area (Å²) in [5.74, 6) is 0.576. The molecule has 0 saturated carbocycles. The van der Waals surface area contributed by atoms with E-state index in [9.17, 15) is 4.79 Å². The molecule has 3 aromatic rings. The van der Waals surface area contributed by atoms with Crippen molar-refractivity contribution in [3.8, 4) is 11.3 Å². The van der Waals surface area contributed by atoms with Gasteiger partial charge in [0, 0.05) is 17.7 Å². The molecule has 0 bridgehead atoms. The molecule has 2 aromatic heterocycles. The van der Waals surface area contributed by atoms with Gasteiger partial charge in [-0.05, 0) is 55.4 Å². The molecule has 1 amide bonds. The monoisotopic (exact) mass is 388 g/mol. The highest BCUT2D eigenvalue weighted by Crippen LogP contribution is 2.29. The Balaban J connectivity index is 0.00000196. The lowest BCUT2D eigenvalue weighted by Crippen LogP contribution is -2.35. The van der Waals surface area contributed by atoms with Crippen LogP contribution in [-0.4, -0.2) is 35.5 Å². The average Bonchev–Trinajstić information content (AvgIpc) is 3.16. The minimum atomic E-state index is -0.00552. The molecule has 26 heavy (non-hydrogen) atoms. The van der Waals surface area contributed by atoms with Gasteiger partial charge in [0.25, 0.3) is 5.91 Å². The van der Waals surface area contributed by atoms with E-state index in [0.717, 1.165) is 53.9 Å². The van der Waals surface area contributed by atoms with Crippen LogP contribution >= 0.6 is 23.7 Å². The SMILES string of the molecule is Cl.O=C(NCC1CCNCC1)c1ccc(-c2ncnc3ccsc23)cc1. The van der Waals surface area contributed by atoms with E-state index < -0.39 is 0 Å². The van der Waals surface area contributed by atoms with Crippen molar-refractivity contribution in [2.24, 2.45) is 5.92 Å². The van der Waals surface area contributed by atoms with E-state index >= 15 is 0 Å². The standard InChI is InChI=1S/C19H20N4OS.ClH/c24-19(21-11-13-5-8-20-9-6-13)15-3-1-14(2-4-15)17-18-16(7-10-25-18)22-12-23-17;/h1-4,7,10,12-13,20H,5-6,8-9,11H2,(H,21,24);1H. The Bertz CT molecular complexity index is 875. The third kappa shape index (κ3) is 4.03. The molecule has 5 nitrogen and oxygen atoms in total. The normalized spacial score (nSPS) is 14.8. The van der Waals surface area contributed by atoms with Gasteiger partial charge in [-0.15, -0.1) is 23.7 Å². The van der Waals surface area contributed by atoms with Crippen LogP contribution in [0.1, 0.15) is 23.2 Å². The second-order valence-electron chi connectivity index (χ2n) is 6.34. The molecule has 4 rings (SSSR count). The smallest absolute Gasteiger partial charge is 0.251 e. The van der Waals surface area contributed by atoms with Gasteiger partial charge >= 0.3 is 0 Å². The van der Waals surface area contributed by atoms with Crippen molar-refractivity contribution in [2.75, 3.05) is 19.6 Å². The highest BCUT2D eigenvalue weighted by Gasteiger charge is 2.15. The van der Waals surface area contributed by atoms with E-state index in [1.54, 1.807) is 17.7 Å². The first-order valence-corrected chi connectivity index (χ1v) is 9.47. The van der Waals surface area contributed by atoms with Gasteiger partial charge in [-0.3, -0.25) is 4.79 Å². The molecule has 2 N–H and O–H groups in total. The van der Waals surface area contributed by atoms with Crippen LogP contribution < -0.4 is 10.6 Å². The molecule has 1 aliphatic rings. The van der Waals surface area contributed by atoms with E-state index in [1.807, 2.05) is 35.7 Å². The lowest BCUT2D eigenvalue weighted by molar-refractivity contribution is 0.0944. The van der Waals surface area contributed by atoms with Gasteiger partial charge in [-0.25, -0.2) is 9.97 Å². The Morgan fingerprint density at radius 3 is 2.69 bits per heavy atom. The largest absolute Gasteiger partial charge is 0.352 e. The summed E-state index contributed by atoms with van der Waals surface area (Å²) in [6, 6.07) is 9.65. The Kier molecular flexibility index (Phi) is 6.19. The second kappa shape index (κ2) is 8.58. The number of nitrogens with zero attached hydrogens (tertiary/aromatic N) is 2. The predicted molar refractivity (Wildman–Crippen MR) is 108 cm³/mol. The van der Waals surface area contributed by atoms with Gasteiger partial charge in [0.05, 0.1) is 15.9 Å². The number of carbonyl (C=O) groups excluding carboxylic acids is 1. The zero-order chi connectivity index (χ0) is 17.1. The lowest BCUT2D eigenvalue weighted by atomic mass is 9.98. The minimum absolute atomic E-state index is 0. The first kappa shape index (κ1) is 18.8. The van der Waals surface area contributed by atoms with Crippen LogP contribution in [0.2, 0.25) is 0 Å². The molecular formula is C19H21ClN4OS. The summed E-state index contributed by atoms with van der Waals surface area (Å²) in [6.45, 7) is 2.85. The molecule has 0 aliphatic carbocycles. The molecule has 1 aliphatic heterocycles. The zero-order valence-corrected chi connectivity index (χ0v) is 15.9. The van der Waals surface area contributed by atoms with Crippen molar-refractivity contribution in [2.45, 2.75) is 12.8 Å². The van der Waals surface area contributed by atoms with Crippen LogP contribution in [-0.2, 0) is 0 Å². The first-order valence-electron chi connectivity index (χ1n) is 8.59. The number of benzene rings is 1. The molecule has 0 atom stereocenters. The summed E-state index contributed by atoms with van der Waals surface area (Å²) in [5, 5.41) is 8.43. The number of rotatable bonds is 4. The Morgan fingerprint density at radius 2 is 1.92 bits per heavy atom. The van der Waals surface area contributed by atoms with Crippen molar-refractivity contribution < 1.29 is 4.79 Å². The molecule has 136 valence electrons. The van der Waals surface area contributed by atoms with Crippen LogP contribution in [0.3, 0.4) is 0 Å². The topological polar surface area (TPSA) is 66.9 Å². The van der Waals surface area contributed by atoms with Gasteiger partial charge in [0.1, 0.15) is 6.33 Å². The highest BCUT2D eigenvalue weighted by molar-refractivity contribution is 7.17. The molecule has 3 heterocycles. The predicted octanol–water partition coefficient (Wildman–Crippen LogP) is 3.51. The van der Waals surface area contributed by atoms with Crippen molar-refractivity contribution >= 4 is 39.9 Å². The van der Waals surface area contributed by atoms with E-state index in [2.05, 4.69) is 20.6 Å². The van der Waals surface area contributed by atoms with E-state index in [-0.39, 0.29) is 18.3 Å². The summed E-state index contributed by atoms with van der Waals surface area (Å²) >= 11 is 1.63. The van der Waals surface area contributed by atoms with Crippen LogP contribution in [0.25, 0.3) is 21.5 Å². The Hall–Kier alpha value is -2.02. The zero-order valence-electron chi connectivity index (χ0n) is 14.3. The fraction of sp³-hybridized carbons (Fsp3) is 0.316. The number of thiophene rings is 1. The molecule has 1 fully saturated rings. The van der Waals surface area contributed by atoms with Crippen molar-refractivity contribution in [1.82, 2.24) is 20.6 Å². The fourth-order valence-electron chi connectivity index (χ4n) is 3.20. The summed E-state index contributed by atoms with van der Waals surface area (Å²) in [6.07, 6.45) is 3.84. The van der Waals surface area contributed by atoms with Crippen LogP contribution in [0.5, 0.6) is 0 Å². The van der Waals surface area contributed by atoms with Crippen molar-refractivity contribution in [3.05, 3.63) is 47.6 Å². The molecule has 0 radical (unpaired) electrons. The van der Waals surface area contributed by atoms with E-state index in [0.29, 0.717) is 11.5 Å². The Morgan fingerprint density at radius 1 is 1.15 bits per heavy atom. The molecule has 0 spiro atoms. The number of hydrogen-bond acceptors (Lipinski definition) is 5. The molecule has 7 heteroatoms. The number of piperidine rings is 1. The van der Waals surface area contributed by atoms with Crippen molar-refractivity contribution in [3.63, 3.8) is 0 Å². The van der Waals surface area contributed by atoms with Crippen LogP contribution in [0.15, 0.2) is 42.0 Å². The quantitative estimate of drug-likeness (QED) is 0.717. The molecule has 1 saturated heterocycles. The second-order valence-corrected chi connectivity index (χ2v) is 7.25. The lowest BCUT2D eigenvalue weighted by Gasteiger charge is -2.22. The molecule has 0 unspecified atom stereocenters. The minimum Gasteiger partial charge on any atom is -0.352 e. The van der Waals surface area contributed by atoms with Crippen LogP contribution in [0, 0.1) is 5.92 Å². The van der Waals surface area contributed by atoms with Gasteiger partial charge in [0.15, 0.2) is 0 Å². The van der Waals surface area contributed by atoms with Gasteiger partial charge in [-0.1, -0.05) is 12.1 Å². The summed E-state index contributed by atoms with van der Waals surface area (Å²) in [5.41, 5.74) is 3.57. The fourth-order valence-corrected chi connectivity index (χ4v) is 4.06. The maximum Gasteiger partial charge on any atom is 0.251 e. The van der Waals surface area contributed by atoms with Crippen molar-refractivity contribution in [1.29, 1.82) is 0 Å².